The molecule has 0 spiro atoms. The summed E-state index contributed by atoms with van der Waals surface area (Å²) in [6.45, 7) is 4.12. The minimum atomic E-state index is -0.323. The first-order chi connectivity index (χ1) is 7.69. The summed E-state index contributed by atoms with van der Waals surface area (Å²) >= 11 is 0. The third kappa shape index (κ3) is 3.78. The highest BCUT2D eigenvalue weighted by atomic mass is 16.6. The van der Waals surface area contributed by atoms with Gasteiger partial charge in [0, 0.05) is 6.42 Å². The smallest absolute Gasteiger partial charge is 0.313 e. The fourth-order valence-electron chi connectivity index (χ4n) is 2.14. The number of aliphatic hydroxyl groups excluding tert-OH is 1. The van der Waals surface area contributed by atoms with Gasteiger partial charge in [0.15, 0.2) is 0 Å². The zero-order chi connectivity index (χ0) is 12.0. The summed E-state index contributed by atoms with van der Waals surface area (Å²) in [6.07, 6.45) is 6.68. The number of hydrogen-bond acceptors (Lipinski definition) is 3. The normalized spacial score (nSPS) is 26.1. The van der Waals surface area contributed by atoms with Crippen molar-refractivity contribution in [3.8, 4) is 0 Å². The molecule has 0 saturated carbocycles. The van der Waals surface area contributed by atoms with Gasteiger partial charge in [0.1, 0.15) is 6.10 Å². The second-order valence-corrected chi connectivity index (χ2v) is 4.73. The maximum atomic E-state index is 11.3. The van der Waals surface area contributed by atoms with Gasteiger partial charge in [0.25, 0.3) is 0 Å². The molecule has 0 amide bonds. The number of carbonyl (C=O) groups is 1. The summed E-state index contributed by atoms with van der Waals surface area (Å²) in [4.78, 5) is 11.3. The number of hydrogen-bond donors (Lipinski definition) is 1. The van der Waals surface area contributed by atoms with E-state index in [2.05, 4.69) is 6.92 Å². The third-order valence-electron chi connectivity index (χ3n) is 3.36. The van der Waals surface area contributed by atoms with Crippen LogP contribution >= 0.6 is 0 Å². The molecular weight excluding hydrogens is 204 g/mol. The van der Waals surface area contributed by atoms with Gasteiger partial charge >= 0.3 is 5.97 Å². The standard InChI is InChI=1S/C13H24O3/c1-3-5-6-7-8-11-12(16-13(11)15)9-10(14)4-2/h10-12,14H,3-9H2,1-2H3/t10-,11?,12+/m1/s1. The van der Waals surface area contributed by atoms with Gasteiger partial charge in [-0.25, -0.2) is 0 Å². The van der Waals surface area contributed by atoms with E-state index in [0.717, 1.165) is 19.3 Å². The molecule has 1 saturated heterocycles. The summed E-state index contributed by atoms with van der Waals surface area (Å²) in [6, 6.07) is 0. The predicted molar refractivity (Wildman–Crippen MR) is 63.0 cm³/mol. The number of ether oxygens (including phenoxy) is 1. The van der Waals surface area contributed by atoms with Crippen LogP contribution in [-0.4, -0.2) is 23.3 Å². The molecule has 1 unspecified atom stereocenters. The molecule has 1 aliphatic heterocycles. The average Bonchev–Trinajstić information content (AvgIpc) is 2.28. The summed E-state index contributed by atoms with van der Waals surface area (Å²) in [5.74, 6) is -0.0112. The Morgan fingerprint density at radius 1 is 1.31 bits per heavy atom. The number of esters is 1. The Balaban J connectivity index is 2.20. The third-order valence-corrected chi connectivity index (χ3v) is 3.36. The van der Waals surface area contributed by atoms with E-state index in [1.54, 1.807) is 0 Å². The fourth-order valence-corrected chi connectivity index (χ4v) is 2.14. The Morgan fingerprint density at radius 3 is 2.62 bits per heavy atom. The van der Waals surface area contributed by atoms with Crippen molar-refractivity contribution < 1.29 is 14.6 Å². The Kier molecular flexibility index (Phi) is 5.81. The average molecular weight is 228 g/mol. The summed E-state index contributed by atoms with van der Waals surface area (Å²) in [5.41, 5.74) is 0. The van der Waals surface area contributed by atoms with Gasteiger partial charge in [-0.2, -0.15) is 0 Å². The van der Waals surface area contributed by atoms with E-state index in [4.69, 9.17) is 4.74 Å². The van der Waals surface area contributed by atoms with Gasteiger partial charge in [-0.05, 0) is 12.8 Å². The second kappa shape index (κ2) is 6.89. The van der Waals surface area contributed by atoms with Crippen molar-refractivity contribution in [2.24, 2.45) is 5.92 Å². The number of carbonyl (C=O) groups excluding carboxylic acids is 1. The van der Waals surface area contributed by atoms with Gasteiger partial charge in [0.05, 0.1) is 12.0 Å². The van der Waals surface area contributed by atoms with Crippen LogP contribution in [0, 0.1) is 5.92 Å². The molecule has 1 aliphatic rings. The predicted octanol–water partition coefficient (Wildman–Crippen LogP) is 2.66. The molecule has 0 aromatic carbocycles. The van der Waals surface area contributed by atoms with Crippen molar-refractivity contribution in [3.63, 3.8) is 0 Å². The van der Waals surface area contributed by atoms with Gasteiger partial charge in [-0.3, -0.25) is 4.79 Å². The Morgan fingerprint density at radius 2 is 2.06 bits per heavy atom. The Hall–Kier alpha value is -0.570. The molecule has 94 valence electrons. The molecule has 1 heterocycles. The van der Waals surface area contributed by atoms with Gasteiger partial charge in [-0.15, -0.1) is 0 Å². The number of unbranched alkanes of at least 4 members (excludes halogenated alkanes) is 3. The highest BCUT2D eigenvalue weighted by molar-refractivity contribution is 5.78. The molecule has 3 nitrogen and oxygen atoms in total. The zero-order valence-corrected chi connectivity index (χ0v) is 10.4. The summed E-state index contributed by atoms with van der Waals surface area (Å²) in [7, 11) is 0. The first kappa shape index (κ1) is 13.5. The van der Waals surface area contributed by atoms with Crippen LogP contribution in [0.4, 0.5) is 0 Å². The van der Waals surface area contributed by atoms with E-state index in [1.165, 1.54) is 19.3 Å². The van der Waals surface area contributed by atoms with Crippen molar-refractivity contribution in [1.29, 1.82) is 0 Å². The molecule has 0 aliphatic carbocycles. The van der Waals surface area contributed by atoms with Gasteiger partial charge in [-0.1, -0.05) is 39.5 Å². The van der Waals surface area contributed by atoms with Crippen LogP contribution in [0.25, 0.3) is 0 Å². The van der Waals surface area contributed by atoms with Gasteiger partial charge < -0.3 is 9.84 Å². The number of aliphatic hydroxyl groups is 1. The molecule has 0 aromatic heterocycles. The second-order valence-electron chi connectivity index (χ2n) is 4.73. The van der Waals surface area contributed by atoms with E-state index < -0.39 is 0 Å². The van der Waals surface area contributed by atoms with E-state index >= 15 is 0 Å². The molecule has 3 heteroatoms. The first-order valence-electron chi connectivity index (χ1n) is 6.57. The molecule has 16 heavy (non-hydrogen) atoms. The van der Waals surface area contributed by atoms with Crippen molar-refractivity contribution in [1.82, 2.24) is 0 Å². The minimum Gasteiger partial charge on any atom is -0.461 e. The summed E-state index contributed by atoms with van der Waals surface area (Å²) < 4.78 is 5.08. The monoisotopic (exact) mass is 228 g/mol. The van der Waals surface area contributed by atoms with Crippen molar-refractivity contribution >= 4 is 5.97 Å². The molecule has 1 N–H and O–H groups in total. The first-order valence-corrected chi connectivity index (χ1v) is 6.57. The van der Waals surface area contributed by atoms with E-state index in [0.29, 0.717) is 6.42 Å². The largest absolute Gasteiger partial charge is 0.461 e. The molecule has 0 radical (unpaired) electrons. The SMILES string of the molecule is CCCCCCC1C(=O)O[C@H]1C[C@H](O)CC. The van der Waals surface area contributed by atoms with E-state index in [-0.39, 0.29) is 24.1 Å². The van der Waals surface area contributed by atoms with Crippen molar-refractivity contribution in [2.45, 2.75) is 71.0 Å². The van der Waals surface area contributed by atoms with Crippen molar-refractivity contribution in [3.05, 3.63) is 0 Å². The van der Waals surface area contributed by atoms with E-state index in [1.807, 2.05) is 6.92 Å². The van der Waals surface area contributed by atoms with Crippen LogP contribution in [0.5, 0.6) is 0 Å². The molecule has 1 fully saturated rings. The highest BCUT2D eigenvalue weighted by Crippen LogP contribution is 2.31. The lowest BCUT2D eigenvalue weighted by molar-refractivity contribution is -0.188. The van der Waals surface area contributed by atoms with Crippen LogP contribution in [0.1, 0.15) is 58.8 Å². The molecular formula is C13H24O3. The van der Waals surface area contributed by atoms with Crippen LogP contribution in [-0.2, 0) is 9.53 Å². The maximum Gasteiger partial charge on any atom is 0.313 e. The molecule has 3 atom stereocenters. The minimum absolute atomic E-state index is 0.0240. The quantitative estimate of drug-likeness (QED) is 0.513. The highest BCUT2D eigenvalue weighted by Gasteiger charge is 2.42. The zero-order valence-electron chi connectivity index (χ0n) is 10.4. The number of rotatable bonds is 8. The van der Waals surface area contributed by atoms with Crippen LogP contribution < -0.4 is 0 Å². The van der Waals surface area contributed by atoms with Gasteiger partial charge in [0.2, 0.25) is 0 Å². The Labute approximate surface area is 98.2 Å². The maximum absolute atomic E-state index is 11.3. The lowest BCUT2D eigenvalue weighted by atomic mass is 9.87. The van der Waals surface area contributed by atoms with Crippen LogP contribution in [0.3, 0.4) is 0 Å². The number of cyclic esters (lactones) is 1. The van der Waals surface area contributed by atoms with Crippen LogP contribution in [0.15, 0.2) is 0 Å². The molecule has 0 aromatic rings. The fraction of sp³-hybridized carbons (Fsp3) is 0.923. The molecule has 0 bridgehead atoms. The van der Waals surface area contributed by atoms with E-state index in [9.17, 15) is 9.90 Å². The lowest BCUT2D eigenvalue weighted by Gasteiger charge is -2.36. The lowest BCUT2D eigenvalue weighted by Crippen LogP contribution is -2.46. The van der Waals surface area contributed by atoms with Crippen molar-refractivity contribution in [2.75, 3.05) is 0 Å². The Bertz CT molecular complexity index is 215. The van der Waals surface area contributed by atoms with Crippen LogP contribution in [0.2, 0.25) is 0 Å². The topological polar surface area (TPSA) is 46.5 Å². The summed E-state index contributed by atoms with van der Waals surface area (Å²) in [5, 5.41) is 9.52. The molecule has 1 rings (SSSR count).